The van der Waals surface area contributed by atoms with Crippen molar-refractivity contribution < 1.29 is 19.1 Å². The Morgan fingerprint density at radius 1 is 1.28 bits per heavy atom. The third-order valence-electron chi connectivity index (χ3n) is 5.42. The van der Waals surface area contributed by atoms with Gasteiger partial charge < -0.3 is 15.0 Å². The molecule has 0 fully saturated rings. The van der Waals surface area contributed by atoms with Crippen molar-refractivity contribution in [2.45, 2.75) is 45.0 Å². The number of amides is 2. The van der Waals surface area contributed by atoms with Crippen molar-refractivity contribution in [2.75, 3.05) is 20.1 Å². The van der Waals surface area contributed by atoms with Crippen LogP contribution in [-0.4, -0.2) is 66.6 Å². The standard InChI is InChI=1S/C23H29BN4O4/c1-14-6-7-20-16(10-14)19(29)11-21(32-20)22(30)25-8-4-5-9-28(3)23(31)18-13-26-17(12-27-18)15(2)24/h6-7,10,12-13,15,21H,4-5,8-9,11,24H2,1-3H3,(H,25,30). The monoisotopic (exact) mass is 436 g/mol. The van der Waals surface area contributed by atoms with E-state index in [1.165, 1.54) is 6.20 Å². The SMILES string of the molecule is BC(C)c1cnc(C(=O)N(C)CCCCNC(=O)C2CC(=O)c3cc(C)ccc3O2)cn1. The molecule has 2 atom stereocenters. The number of carbonyl (C=O) groups is 3. The Hall–Kier alpha value is -3.23. The highest BCUT2D eigenvalue weighted by Crippen LogP contribution is 2.28. The second-order valence-corrected chi connectivity index (χ2v) is 8.44. The van der Waals surface area contributed by atoms with E-state index in [-0.39, 0.29) is 29.8 Å². The van der Waals surface area contributed by atoms with Gasteiger partial charge in [0.1, 0.15) is 19.3 Å². The summed E-state index contributed by atoms with van der Waals surface area (Å²) in [4.78, 5) is 47.3. The van der Waals surface area contributed by atoms with Crippen LogP contribution < -0.4 is 10.1 Å². The molecule has 1 aromatic heterocycles. The smallest absolute Gasteiger partial charge is 0.273 e. The van der Waals surface area contributed by atoms with E-state index in [9.17, 15) is 14.4 Å². The molecule has 3 rings (SSSR count). The number of fused-ring (bicyclic) bond motifs is 1. The Morgan fingerprint density at radius 2 is 2.06 bits per heavy atom. The van der Waals surface area contributed by atoms with Crippen molar-refractivity contribution in [3.63, 3.8) is 0 Å². The van der Waals surface area contributed by atoms with Gasteiger partial charge in [-0.2, -0.15) is 0 Å². The fraction of sp³-hybridized carbons (Fsp3) is 0.435. The van der Waals surface area contributed by atoms with Gasteiger partial charge in [0.05, 0.1) is 23.9 Å². The van der Waals surface area contributed by atoms with Gasteiger partial charge in [0.25, 0.3) is 11.8 Å². The third-order valence-corrected chi connectivity index (χ3v) is 5.42. The first-order valence-corrected chi connectivity index (χ1v) is 10.9. The Kier molecular flexibility index (Phi) is 7.61. The van der Waals surface area contributed by atoms with Crippen LogP contribution in [0.3, 0.4) is 0 Å². The number of ketones is 1. The second-order valence-electron chi connectivity index (χ2n) is 8.44. The first-order chi connectivity index (χ1) is 15.3. The molecule has 1 aromatic carbocycles. The molecule has 0 bridgehead atoms. The van der Waals surface area contributed by atoms with E-state index >= 15 is 0 Å². The van der Waals surface area contributed by atoms with Crippen LogP contribution in [-0.2, 0) is 4.79 Å². The van der Waals surface area contributed by atoms with E-state index in [2.05, 4.69) is 15.3 Å². The maximum Gasteiger partial charge on any atom is 0.273 e. The molecule has 0 saturated carbocycles. The lowest BCUT2D eigenvalue weighted by Crippen LogP contribution is -2.42. The average molecular weight is 436 g/mol. The van der Waals surface area contributed by atoms with Crippen molar-refractivity contribution in [1.29, 1.82) is 0 Å². The zero-order valence-electron chi connectivity index (χ0n) is 19.1. The molecule has 0 aliphatic carbocycles. The number of Topliss-reactive ketones (excluding diaryl/α,β-unsaturated/α-hetero) is 1. The minimum Gasteiger partial charge on any atom is -0.479 e. The summed E-state index contributed by atoms with van der Waals surface area (Å²) in [6, 6.07) is 5.37. The van der Waals surface area contributed by atoms with Crippen LogP contribution in [0.2, 0.25) is 0 Å². The first kappa shape index (κ1) is 23.4. The topological polar surface area (TPSA) is 101 Å². The summed E-state index contributed by atoms with van der Waals surface area (Å²) in [6.07, 6.45) is 3.79. The summed E-state index contributed by atoms with van der Waals surface area (Å²) in [5.74, 6) is 0.154. The zero-order chi connectivity index (χ0) is 23.3. The highest BCUT2D eigenvalue weighted by atomic mass is 16.5. The molecule has 2 heterocycles. The van der Waals surface area contributed by atoms with Gasteiger partial charge in [0.2, 0.25) is 0 Å². The lowest BCUT2D eigenvalue weighted by Gasteiger charge is -2.24. The maximum absolute atomic E-state index is 12.5. The summed E-state index contributed by atoms with van der Waals surface area (Å²) in [6.45, 7) is 4.91. The number of carbonyl (C=O) groups excluding carboxylic acids is 3. The van der Waals surface area contributed by atoms with Gasteiger partial charge in [-0.15, -0.1) is 0 Å². The van der Waals surface area contributed by atoms with E-state index in [1.807, 2.05) is 27.8 Å². The number of aryl methyl sites for hydroxylation is 1. The van der Waals surface area contributed by atoms with E-state index < -0.39 is 6.10 Å². The molecule has 0 spiro atoms. The van der Waals surface area contributed by atoms with Gasteiger partial charge >= 0.3 is 0 Å². The van der Waals surface area contributed by atoms with Gasteiger partial charge in [0.15, 0.2) is 11.9 Å². The van der Waals surface area contributed by atoms with Crippen LogP contribution in [0.1, 0.15) is 64.1 Å². The molecule has 2 unspecified atom stereocenters. The molecular weight excluding hydrogens is 407 g/mol. The molecule has 32 heavy (non-hydrogen) atoms. The molecule has 1 aliphatic heterocycles. The first-order valence-electron chi connectivity index (χ1n) is 10.9. The number of aromatic nitrogens is 2. The Balaban J connectivity index is 1.39. The number of hydrogen-bond donors (Lipinski definition) is 1. The molecule has 8 nitrogen and oxygen atoms in total. The summed E-state index contributed by atoms with van der Waals surface area (Å²) in [5.41, 5.74) is 2.68. The predicted molar refractivity (Wildman–Crippen MR) is 123 cm³/mol. The number of ether oxygens (including phenoxy) is 1. The highest BCUT2D eigenvalue weighted by molar-refractivity contribution is 6.11. The number of nitrogens with zero attached hydrogens (tertiary/aromatic N) is 3. The number of benzene rings is 1. The fourth-order valence-electron chi connectivity index (χ4n) is 3.43. The Labute approximate surface area is 189 Å². The van der Waals surface area contributed by atoms with E-state index in [4.69, 9.17) is 4.74 Å². The quantitative estimate of drug-likeness (QED) is 0.497. The lowest BCUT2D eigenvalue weighted by atomic mass is 9.87. The summed E-state index contributed by atoms with van der Waals surface area (Å²) in [7, 11) is 3.74. The van der Waals surface area contributed by atoms with Crippen LogP contribution in [0.5, 0.6) is 5.75 Å². The van der Waals surface area contributed by atoms with E-state index in [0.29, 0.717) is 42.9 Å². The zero-order valence-corrected chi connectivity index (χ0v) is 19.1. The van der Waals surface area contributed by atoms with Crippen molar-refractivity contribution in [2.24, 2.45) is 0 Å². The predicted octanol–water partition coefficient (Wildman–Crippen LogP) is 1.48. The van der Waals surface area contributed by atoms with E-state index in [0.717, 1.165) is 11.3 Å². The molecule has 2 amide bonds. The van der Waals surface area contributed by atoms with Gasteiger partial charge in [-0.3, -0.25) is 19.4 Å². The summed E-state index contributed by atoms with van der Waals surface area (Å²) >= 11 is 0. The molecule has 1 aliphatic rings. The van der Waals surface area contributed by atoms with Gasteiger partial charge in [-0.25, -0.2) is 4.98 Å². The van der Waals surface area contributed by atoms with Crippen molar-refractivity contribution in [1.82, 2.24) is 20.2 Å². The van der Waals surface area contributed by atoms with Crippen molar-refractivity contribution >= 4 is 25.4 Å². The minimum atomic E-state index is -0.811. The fourth-order valence-corrected chi connectivity index (χ4v) is 3.43. The number of rotatable bonds is 8. The molecule has 9 heteroatoms. The summed E-state index contributed by atoms with van der Waals surface area (Å²) < 4.78 is 5.72. The number of hydrogen-bond acceptors (Lipinski definition) is 6. The molecule has 0 radical (unpaired) electrons. The van der Waals surface area contributed by atoms with E-state index in [1.54, 1.807) is 30.3 Å². The van der Waals surface area contributed by atoms with Crippen LogP contribution in [0.4, 0.5) is 0 Å². The van der Waals surface area contributed by atoms with Crippen molar-refractivity contribution in [3.05, 3.63) is 53.1 Å². The molecule has 1 N–H and O–H groups in total. The molecule has 2 aromatic rings. The Morgan fingerprint density at radius 3 is 2.75 bits per heavy atom. The van der Waals surface area contributed by atoms with Crippen LogP contribution in [0.25, 0.3) is 0 Å². The van der Waals surface area contributed by atoms with Gasteiger partial charge in [-0.1, -0.05) is 18.6 Å². The van der Waals surface area contributed by atoms with Gasteiger partial charge in [-0.05, 0) is 37.7 Å². The van der Waals surface area contributed by atoms with Crippen molar-refractivity contribution in [3.8, 4) is 5.75 Å². The normalized spacial score (nSPS) is 16.0. The van der Waals surface area contributed by atoms with Crippen LogP contribution >= 0.6 is 0 Å². The largest absolute Gasteiger partial charge is 0.479 e. The minimum absolute atomic E-state index is 0.0379. The molecular formula is C23H29BN4O4. The average Bonchev–Trinajstić information content (AvgIpc) is 2.78. The molecule has 168 valence electrons. The maximum atomic E-state index is 12.5. The third kappa shape index (κ3) is 5.72. The molecule has 0 saturated heterocycles. The van der Waals surface area contributed by atoms with Gasteiger partial charge in [0, 0.05) is 26.3 Å². The van der Waals surface area contributed by atoms with Crippen LogP contribution in [0, 0.1) is 6.92 Å². The number of unbranched alkanes of at least 4 members (excludes halogenated alkanes) is 1. The summed E-state index contributed by atoms with van der Waals surface area (Å²) in [5, 5.41) is 2.82. The Bertz CT molecular complexity index is 994. The second kappa shape index (κ2) is 10.4. The number of nitrogens with one attached hydrogen (secondary N) is 1. The highest BCUT2D eigenvalue weighted by Gasteiger charge is 2.31. The van der Waals surface area contributed by atoms with Crippen LogP contribution in [0.15, 0.2) is 30.6 Å². The lowest BCUT2D eigenvalue weighted by molar-refractivity contribution is -0.128.